The first-order valence-corrected chi connectivity index (χ1v) is 6.09. The number of hydrogen-bond acceptors (Lipinski definition) is 5. The molecule has 0 saturated carbocycles. The largest absolute Gasteiger partial charge is 0.433 e. The number of nitrogen functional groups attached to an aromatic ring is 1. The van der Waals surface area contributed by atoms with Crippen LogP contribution < -0.4 is 15.8 Å². The summed E-state index contributed by atoms with van der Waals surface area (Å²) in [6, 6.07) is 11.5. The van der Waals surface area contributed by atoms with Crippen molar-refractivity contribution >= 4 is 28.5 Å². The van der Waals surface area contributed by atoms with Gasteiger partial charge in [0.05, 0.1) is 5.69 Å². The van der Waals surface area contributed by atoms with Gasteiger partial charge in [-0.15, -0.1) is 0 Å². The van der Waals surface area contributed by atoms with Gasteiger partial charge in [-0.25, -0.2) is 0 Å². The van der Waals surface area contributed by atoms with Gasteiger partial charge in [-0.05, 0) is 30.3 Å². The SMILES string of the molecule is Nc1ccc2oc(Nc3ccccc3OC(F)F)nc2c1. The zero-order chi connectivity index (χ0) is 14.8. The summed E-state index contributed by atoms with van der Waals surface area (Å²) in [5.41, 5.74) is 7.66. The number of nitrogens with one attached hydrogen (secondary N) is 1. The van der Waals surface area contributed by atoms with Crippen LogP contribution in [-0.2, 0) is 0 Å². The van der Waals surface area contributed by atoms with E-state index < -0.39 is 6.61 Å². The molecule has 0 aliphatic heterocycles. The molecule has 0 fully saturated rings. The molecule has 0 aliphatic carbocycles. The summed E-state index contributed by atoms with van der Waals surface area (Å²) in [6.07, 6.45) is 0. The van der Waals surface area contributed by atoms with Crippen molar-refractivity contribution in [3.8, 4) is 5.75 Å². The van der Waals surface area contributed by atoms with Crippen LogP contribution in [0, 0.1) is 0 Å². The van der Waals surface area contributed by atoms with Crippen molar-refractivity contribution in [1.29, 1.82) is 0 Å². The van der Waals surface area contributed by atoms with E-state index in [4.69, 9.17) is 10.2 Å². The first kappa shape index (κ1) is 13.2. The summed E-state index contributed by atoms with van der Waals surface area (Å²) in [6.45, 7) is -2.91. The van der Waals surface area contributed by atoms with Crippen molar-refractivity contribution in [3.63, 3.8) is 0 Å². The van der Waals surface area contributed by atoms with E-state index in [1.54, 1.807) is 36.4 Å². The molecular weight excluding hydrogens is 280 g/mol. The van der Waals surface area contributed by atoms with Gasteiger partial charge in [0, 0.05) is 5.69 Å². The molecule has 108 valence electrons. The van der Waals surface area contributed by atoms with Crippen LogP contribution in [0.3, 0.4) is 0 Å². The minimum absolute atomic E-state index is 0.00858. The molecule has 1 aromatic heterocycles. The molecule has 0 spiro atoms. The molecule has 3 aromatic rings. The third-order valence-corrected chi connectivity index (χ3v) is 2.76. The predicted molar refractivity (Wildman–Crippen MR) is 74.8 cm³/mol. The molecule has 7 heteroatoms. The van der Waals surface area contributed by atoms with Gasteiger partial charge in [0.15, 0.2) is 5.58 Å². The number of aromatic nitrogens is 1. The Kier molecular flexibility index (Phi) is 3.31. The van der Waals surface area contributed by atoms with Crippen LogP contribution in [0.5, 0.6) is 5.75 Å². The van der Waals surface area contributed by atoms with Crippen molar-refractivity contribution < 1.29 is 17.9 Å². The van der Waals surface area contributed by atoms with Crippen molar-refractivity contribution in [1.82, 2.24) is 4.98 Å². The number of halogens is 2. The van der Waals surface area contributed by atoms with E-state index in [0.717, 1.165) is 0 Å². The summed E-state index contributed by atoms with van der Waals surface area (Å²) >= 11 is 0. The number of nitrogens with zero attached hydrogens (tertiary/aromatic N) is 1. The topological polar surface area (TPSA) is 73.3 Å². The lowest BCUT2D eigenvalue weighted by molar-refractivity contribution is -0.0493. The number of alkyl halides is 2. The van der Waals surface area contributed by atoms with Gasteiger partial charge in [-0.3, -0.25) is 0 Å². The Hall–Kier alpha value is -2.83. The van der Waals surface area contributed by atoms with Crippen molar-refractivity contribution in [2.24, 2.45) is 0 Å². The molecule has 5 nitrogen and oxygen atoms in total. The van der Waals surface area contributed by atoms with Crippen molar-refractivity contribution in [2.75, 3.05) is 11.1 Å². The zero-order valence-electron chi connectivity index (χ0n) is 10.7. The monoisotopic (exact) mass is 291 g/mol. The molecule has 0 unspecified atom stereocenters. The minimum atomic E-state index is -2.91. The smallest absolute Gasteiger partial charge is 0.387 e. The van der Waals surface area contributed by atoms with E-state index in [0.29, 0.717) is 22.5 Å². The molecule has 0 amide bonds. The Balaban J connectivity index is 1.91. The van der Waals surface area contributed by atoms with Gasteiger partial charge >= 0.3 is 6.61 Å². The van der Waals surface area contributed by atoms with Crippen LogP contribution in [0.25, 0.3) is 11.1 Å². The van der Waals surface area contributed by atoms with E-state index in [-0.39, 0.29) is 11.8 Å². The fraction of sp³-hybridized carbons (Fsp3) is 0.0714. The van der Waals surface area contributed by atoms with Gasteiger partial charge in [-0.1, -0.05) is 12.1 Å². The third-order valence-electron chi connectivity index (χ3n) is 2.76. The lowest BCUT2D eigenvalue weighted by Gasteiger charge is -2.09. The van der Waals surface area contributed by atoms with E-state index in [1.807, 2.05) is 0 Å². The maximum Gasteiger partial charge on any atom is 0.387 e. The molecule has 0 atom stereocenters. The molecule has 3 rings (SSSR count). The third kappa shape index (κ3) is 2.86. The highest BCUT2D eigenvalue weighted by Crippen LogP contribution is 2.30. The average Bonchev–Trinajstić information content (AvgIpc) is 2.82. The van der Waals surface area contributed by atoms with Gasteiger partial charge in [0.25, 0.3) is 6.01 Å². The van der Waals surface area contributed by atoms with Crippen molar-refractivity contribution in [2.45, 2.75) is 6.61 Å². The number of nitrogens with two attached hydrogens (primary N) is 1. The van der Waals surface area contributed by atoms with Crippen LogP contribution in [0.15, 0.2) is 46.9 Å². The number of benzene rings is 2. The first-order valence-electron chi connectivity index (χ1n) is 6.09. The fourth-order valence-corrected chi connectivity index (χ4v) is 1.88. The standard InChI is InChI=1S/C14H11F2N3O2/c15-13(16)20-11-4-2-1-3-9(11)18-14-19-10-7-8(17)5-6-12(10)21-14/h1-7,13H,17H2,(H,18,19). The molecular formula is C14H11F2N3O2. The second kappa shape index (κ2) is 5.28. The van der Waals surface area contributed by atoms with E-state index >= 15 is 0 Å². The van der Waals surface area contributed by atoms with Crippen LogP contribution in [0.4, 0.5) is 26.2 Å². The lowest BCUT2D eigenvalue weighted by Crippen LogP contribution is -2.04. The minimum Gasteiger partial charge on any atom is -0.433 e. The van der Waals surface area contributed by atoms with E-state index in [1.165, 1.54) is 6.07 Å². The second-order valence-electron chi connectivity index (χ2n) is 4.25. The van der Waals surface area contributed by atoms with Crippen LogP contribution >= 0.6 is 0 Å². The molecule has 0 bridgehead atoms. The number of rotatable bonds is 4. The normalized spacial score (nSPS) is 11.0. The predicted octanol–water partition coefficient (Wildman–Crippen LogP) is 3.76. The average molecular weight is 291 g/mol. The van der Waals surface area contributed by atoms with Crippen molar-refractivity contribution in [3.05, 3.63) is 42.5 Å². The highest BCUT2D eigenvalue weighted by molar-refractivity contribution is 5.79. The number of anilines is 3. The number of para-hydroxylation sites is 2. The van der Waals surface area contributed by atoms with Gasteiger partial charge in [0.1, 0.15) is 11.3 Å². The highest BCUT2D eigenvalue weighted by atomic mass is 19.3. The second-order valence-corrected chi connectivity index (χ2v) is 4.25. The summed E-state index contributed by atoms with van der Waals surface area (Å²) in [5, 5.41) is 2.81. The van der Waals surface area contributed by atoms with E-state index in [2.05, 4.69) is 15.0 Å². The quantitative estimate of drug-likeness (QED) is 0.716. The number of fused-ring (bicyclic) bond motifs is 1. The van der Waals surface area contributed by atoms with Crippen LogP contribution in [-0.4, -0.2) is 11.6 Å². The van der Waals surface area contributed by atoms with E-state index in [9.17, 15) is 8.78 Å². The molecule has 21 heavy (non-hydrogen) atoms. The molecule has 3 N–H and O–H groups in total. The molecule has 1 heterocycles. The highest BCUT2D eigenvalue weighted by Gasteiger charge is 2.12. The zero-order valence-corrected chi connectivity index (χ0v) is 10.7. The molecule has 0 aliphatic rings. The number of oxazole rings is 1. The van der Waals surface area contributed by atoms with Gasteiger partial charge in [-0.2, -0.15) is 13.8 Å². The molecule has 2 aromatic carbocycles. The van der Waals surface area contributed by atoms with Crippen LogP contribution in [0.1, 0.15) is 0 Å². The lowest BCUT2D eigenvalue weighted by atomic mass is 10.3. The molecule has 0 radical (unpaired) electrons. The fourth-order valence-electron chi connectivity index (χ4n) is 1.88. The Bertz CT molecular complexity index is 774. The first-order chi connectivity index (χ1) is 10.1. The maximum atomic E-state index is 12.3. The maximum absolute atomic E-state index is 12.3. The summed E-state index contributed by atoms with van der Waals surface area (Å²) in [7, 11) is 0. The Morgan fingerprint density at radius 1 is 1.19 bits per heavy atom. The number of hydrogen-bond donors (Lipinski definition) is 2. The Morgan fingerprint density at radius 3 is 2.81 bits per heavy atom. The van der Waals surface area contributed by atoms with Gasteiger partial charge in [0.2, 0.25) is 0 Å². The Labute approximate surface area is 118 Å². The summed E-state index contributed by atoms with van der Waals surface area (Å²) < 4.78 is 34.6. The Morgan fingerprint density at radius 2 is 2.00 bits per heavy atom. The summed E-state index contributed by atoms with van der Waals surface area (Å²) in [4.78, 5) is 4.19. The van der Waals surface area contributed by atoms with Gasteiger partial charge < -0.3 is 20.2 Å². The number of ether oxygens (including phenoxy) is 1. The van der Waals surface area contributed by atoms with Crippen LogP contribution in [0.2, 0.25) is 0 Å². The molecule has 0 saturated heterocycles. The summed E-state index contributed by atoms with van der Waals surface area (Å²) in [5.74, 6) is 0.00858.